The third-order valence-corrected chi connectivity index (χ3v) is 24.4. The van der Waals surface area contributed by atoms with Gasteiger partial charge in [0.2, 0.25) is 0 Å². The topological polar surface area (TPSA) is 77.3 Å². The van der Waals surface area contributed by atoms with Gasteiger partial charge in [-0.15, -0.1) is 0 Å². The Kier molecular flexibility index (Phi) is 19.8. The van der Waals surface area contributed by atoms with Gasteiger partial charge in [-0.3, -0.25) is 0 Å². The number of hydrogen-bond acceptors (Lipinski definition) is 6. The molecule has 0 saturated carbocycles. The molecule has 6 heteroatoms. The van der Waals surface area contributed by atoms with Gasteiger partial charge in [-0.25, -0.2) is 29.9 Å². The van der Waals surface area contributed by atoms with Gasteiger partial charge in [0.1, 0.15) is 0 Å². The fourth-order valence-corrected chi connectivity index (χ4v) is 18.3. The van der Waals surface area contributed by atoms with Gasteiger partial charge in [0.15, 0.2) is 34.9 Å². The number of rotatable bonds is 18. The van der Waals surface area contributed by atoms with Gasteiger partial charge >= 0.3 is 0 Å². The van der Waals surface area contributed by atoms with E-state index in [1.165, 1.54) is 22.3 Å². The predicted octanol–water partition coefficient (Wildman–Crippen LogP) is 29.8. The molecule has 0 amide bonds. The lowest BCUT2D eigenvalue weighted by Crippen LogP contribution is -2.41. The number of hydrogen-bond donors (Lipinski definition) is 0. The first-order chi connectivity index (χ1) is 61.1. The fraction of sp³-hybridized carbons (Fsp3) is 0.0339. The van der Waals surface area contributed by atoms with Gasteiger partial charge in [-0.05, 0) is 242 Å². The molecule has 0 atom stereocenters. The van der Waals surface area contributed by atoms with Crippen molar-refractivity contribution in [2.45, 2.75) is 24.7 Å². The first-order valence-corrected chi connectivity index (χ1v) is 42.3. The molecule has 124 heavy (non-hydrogen) atoms. The van der Waals surface area contributed by atoms with E-state index in [-0.39, 0.29) is 5.41 Å². The third-order valence-electron chi connectivity index (χ3n) is 24.4. The summed E-state index contributed by atoms with van der Waals surface area (Å²) in [6, 6.07) is 166. The molecule has 1 aliphatic rings. The Morgan fingerprint density at radius 1 is 0.129 bits per heavy atom. The number of fused-ring (bicyclic) bond motifs is 2. The van der Waals surface area contributed by atoms with Crippen LogP contribution >= 0.6 is 0 Å². The second-order valence-electron chi connectivity index (χ2n) is 32.5. The highest BCUT2D eigenvalue weighted by molar-refractivity contribution is 5.88. The van der Waals surface area contributed by atoms with E-state index in [0.717, 1.165) is 156 Å². The van der Waals surface area contributed by atoms with E-state index >= 15 is 0 Å². The molecule has 0 fully saturated rings. The third kappa shape index (κ3) is 14.7. The van der Waals surface area contributed by atoms with Crippen LogP contribution < -0.4 is 0 Å². The monoisotopic (exact) mass is 1580 g/mol. The minimum Gasteiger partial charge on any atom is -0.208 e. The van der Waals surface area contributed by atoms with Crippen molar-refractivity contribution in [1.29, 1.82) is 0 Å². The highest BCUT2D eigenvalue weighted by atomic mass is 15.0. The average molecular weight is 1580 g/mol. The molecular formula is C118H82N6. The molecule has 0 spiro atoms. The Morgan fingerprint density at radius 3 is 0.524 bits per heavy atom. The van der Waals surface area contributed by atoms with E-state index < -0.39 is 5.41 Å². The first-order valence-electron chi connectivity index (χ1n) is 42.3. The van der Waals surface area contributed by atoms with Crippen LogP contribution in [0.25, 0.3) is 180 Å². The summed E-state index contributed by atoms with van der Waals surface area (Å²) in [7, 11) is 0. The minimum atomic E-state index is -0.834. The summed E-state index contributed by atoms with van der Waals surface area (Å²) < 4.78 is 0. The van der Waals surface area contributed by atoms with Crippen LogP contribution in [0.2, 0.25) is 0 Å². The molecule has 0 bridgehead atoms. The molecule has 0 unspecified atom stereocenters. The van der Waals surface area contributed by atoms with Gasteiger partial charge in [0, 0.05) is 38.8 Å². The zero-order valence-electron chi connectivity index (χ0n) is 68.6. The molecule has 584 valence electrons. The predicted molar refractivity (Wildman–Crippen MR) is 511 cm³/mol. The van der Waals surface area contributed by atoms with Crippen molar-refractivity contribution in [3.05, 3.63) is 494 Å². The summed E-state index contributed by atoms with van der Waals surface area (Å²) in [5.41, 5.74) is 32.6. The quantitative estimate of drug-likeness (QED) is 0.0852. The van der Waals surface area contributed by atoms with Gasteiger partial charge < -0.3 is 0 Å². The van der Waals surface area contributed by atoms with Crippen molar-refractivity contribution in [3.8, 4) is 180 Å². The van der Waals surface area contributed by atoms with E-state index in [0.29, 0.717) is 34.9 Å². The van der Waals surface area contributed by atoms with Crippen LogP contribution in [0.5, 0.6) is 0 Å². The standard InChI is InChI=1S/C118H82N6/c1-117(2)107-59-27-29-61-109(107)118(110-62-30-28-60-108(110)117,105-57-33-53-89(77-105)87-51-31-55-91(63-87)111-119-113(101-69-93(79-35-11-3-12-36-79)65-94(70-101)80-37-13-4-14-38-80)123-114(120-111)102-71-95(81-39-15-5-16-40-81)66-96(72-102)82-41-17-6-18-42-82)106-58-34-54-90(78-106)88-52-32-56-92(64-88)112-121-115(103-73-97(83-43-19-7-20-44-83)67-98(74-103)84-45-21-8-22-46-84)124-116(122-112)104-75-99(85-47-23-9-24-48-85)68-100(76-104)86-49-25-10-26-50-86/h3-78H,1-2H3. The lowest BCUT2D eigenvalue weighted by molar-refractivity contribution is 0.558. The number of nitrogens with zero attached hydrogens (tertiary/aromatic N) is 6. The summed E-state index contributed by atoms with van der Waals surface area (Å²) in [5, 5.41) is 0. The second-order valence-corrected chi connectivity index (χ2v) is 32.5. The van der Waals surface area contributed by atoms with Crippen LogP contribution in [0.4, 0.5) is 0 Å². The summed E-state index contributed by atoms with van der Waals surface area (Å²) >= 11 is 0. The molecule has 2 heterocycles. The van der Waals surface area contributed by atoms with Crippen molar-refractivity contribution in [1.82, 2.24) is 29.9 Å². The van der Waals surface area contributed by atoms with Crippen molar-refractivity contribution in [2.75, 3.05) is 0 Å². The van der Waals surface area contributed by atoms with E-state index in [1.807, 2.05) is 0 Å². The van der Waals surface area contributed by atoms with Crippen LogP contribution in [0, 0.1) is 0 Å². The largest absolute Gasteiger partial charge is 0.208 e. The van der Waals surface area contributed by atoms with Crippen LogP contribution in [0.15, 0.2) is 461 Å². The molecule has 6 nitrogen and oxygen atoms in total. The van der Waals surface area contributed by atoms with Crippen LogP contribution in [0.1, 0.15) is 47.2 Å². The molecule has 0 radical (unpaired) electrons. The number of benzene rings is 18. The van der Waals surface area contributed by atoms with Gasteiger partial charge in [-0.2, -0.15) is 0 Å². The zero-order valence-corrected chi connectivity index (χ0v) is 68.6. The Labute approximate surface area is 723 Å². The molecule has 0 N–H and O–H groups in total. The highest BCUT2D eigenvalue weighted by Gasteiger charge is 2.49. The molecule has 21 rings (SSSR count). The maximum atomic E-state index is 5.58. The SMILES string of the molecule is CC1(C)c2ccccc2C(c2cccc(-c3cccc(-c4nc(-c5cc(-c6ccccc6)cc(-c6ccccc6)c5)nc(-c5cc(-c6ccccc6)cc(-c6ccccc6)c5)n4)c3)c2)(c2cccc(-c3cccc(-c4nc(-c5cc(-c6ccccc6)cc(-c6ccccc6)c5)nc(-c5cc(-c6ccccc6)cc(-c6ccccc6)c5)n4)c3)c2)c2ccccc21. The molecule has 0 saturated heterocycles. The van der Waals surface area contributed by atoms with Crippen molar-refractivity contribution in [3.63, 3.8) is 0 Å². The van der Waals surface area contributed by atoms with Gasteiger partial charge in [-0.1, -0.05) is 378 Å². The normalized spacial score (nSPS) is 12.4. The Bertz CT molecular complexity index is 6380. The molecule has 18 aromatic carbocycles. The smallest absolute Gasteiger partial charge is 0.164 e. The lowest BCUT2D eigenvalue weighted by atomic mass is 9.54. The van der Waals surface area contributed by atoms with Crippen LogP contribution in [0.3, 0.4) is 0 Å². The first kappa shape index (κ1) is 75.5. The van der Waals surface area contributed by atoms with E-state index in [4.69, 9.17) is 29.9 Å². The summed E-state index contributed by atoms with van der Waals surface area (Å²) in [6.45, 7) is 4.76. The molecule has 1 aliphatic carbocycles. The lowest BCUT2D eigenvalue weighted by Gasteiger charge is -2.48. The second kappa shape index (κ2) is 32.6. The summed E-state index contributed by atoms with van der Waals surface area (Å²) in [4.78, 5) is 33.4. The molecule has 20 aromatic rings. The van der Waals surface area contributed by atoms with Crippen molar-refractivity contribution in [2.24, 2.45) is 0 Å². The minimum absolute atomic E-state index is 0.352. The van der Waals surface area contributed by atoms with Crippen LogP contribution in [-0.4, -0.2) is 29.9 Å². The Morgan fingerprint density at radius 2 is 0.290 bits per heavy atom. The molecular weight excluding hydrogens is 1500 g/mol. The average Bonchev–Trinajstić information content (AvgIpc) is 0.687. The molecule has 0 aliphatic heterocycles. The van der Waals surface area contributed by atoms with Crippen molar-refractivity contribution < 1.29 is 0 Å². The van der Waals surface area contributed by atoms with E-state index in [1.54, 1.807) is 0 Å². The Balaban J connectivity index is 0.718. The fourth-order valence-electron chi connectivity index (χ4n) is 18.3. The highest BCUT2D eigenvalue weighted by Crippen LogP contribution is 2.57. The maximum Gasteiger partial charge on any atom is 0.164 e. The van der Waals surface area contributed by atoms with Crippen molar-refractivity contribution >= 4 is 0 Å². The molecule has 2 aromatic heterocycles. The zero-order chi connectivity index (χ0) is 82.9. The van der Waals surface area contributed by atoms with Gasteiger partial charge in [0.05, 0.1) is 5.41 Å². The van der Waals surface area contributed by atoms with E-state index in [9.17, 15) is 0 Å². The van der Waals surface area contributed by atoms with E-state index in [2.05, 4.69) is 475 Å². The van der Waals surface area contributed by atoms with Crippen LogP contribution in [-0.2, 0) is 10.8 Å². The Hall–Kier alpha value is -16.0. The summed E-state index contributed by atoms with van der Waals surface area (Å²) in [6.07, 6.45) is 0. The maximum absolute atomic E-state index is 5.58. The summed E-state index contributed by atoms with van der Waals surface area (Å²) in [5.74, 6) is 3.36. The number of aromatic nitrogens is 6. The van der Waals surface area contributed by atoms with Gasteiger partial charge in [0.25, 0.3) is 0 Å².